The Morgan fingerprint density at radius 1 is 1.31 bits per heavy atom. The zero-order chi connectivity index (χ0) is 17.7. The van der Waals surface area contributed by atoms with Crippen LogP contribution in [0.3, 0.4) is 0 Å². The molecule has 0 radical (unpaired) electrons. The number of guanidine groups is 1. The first-order valence-corrected chi connectivity index (χ1v) is 9.63. The Balaban J connectivity index is 0.00000243. The number of aliphatic imine (C=N–C) groups is 1. The topological polar surface area (TPSA) is 49.3 Å². The number of rotatable bonds is 7. The predicted octanol–water partition coefficient (Wildman–Crippen LogP) is 4.04. The lowest BCUT2D eigenvalue weighted by Gasteiger charge is -2.16. The van der Waals surface area contributed by atoms with Crippen molar-refractivity contribution in [2.75, 3.05) is 19.6 Å². The molecule has 0 saturated heterocycles. The lowest BCUT2D eigenvalue weighted by molar-refractivity contribution is 0.572. The second kappa shape index (κ2) is 9.64. The van der Waals surface area contributed by atoms with Gasteiger partial charge in [-0.15, -0.1) is 35.3 Å². The molecule has 2 N–H and O–H groups in total. The number of thiazole rings is 1. The Morgan fingerprint density at radius 3 is 2.69 bits per heavy atom. The highest BCUT2D eigenvalue weighted by Crippen LogP contribution is 2.49. The van der Waals surface area contributed by atoms with E-state index in [1.54, 1.807) is 23.5 Å². The number of aromatic nitrogens is 1. The van der Waals surface area contributed by atoms with Crippen molar-refractivity contribution in [2.45, 2.75) is 38.5 Å². The highest BCUT2D eigenvalue weighted by Gasteiger charge is 2.45. The molecular formula is C19H26FIN4S. The zero-order valence-electron chi connectivity index (χ0n) is 15.2. The van der Waals surface area contributed by atoms with Crippen molar-refractivity contribution in [1.82, 2.24) is 15.6 Å². The van der Waals surface area contributed by atoms with E-state index in [1.807, 2.05) is 25.3 Å². The maximum Gasteiger partial charge on any atom is 0.191 e. The molecule has 0 bridgehead atoms. The molecule has 2 aromatic rings. The summed E-state index contributed by atoms with van der Waals surface area (Å²) in [6.07, 6.45) is 4.77. The van der Waals surface area contributed by atoms with Crippen molar-refractivity contribution in [3.63, 3.8) is 0 Å². The number of hydrogen-bond acceptors (Lipinski definition) is 3. The van der Waals surface area contributed by atoms with E-state index in [1.165, 1.54) is 4.88 Å². The van der Waals surface area contributed by atoms with E-state index < -0.39 is 0 Å². The smallest absolute Gasteiger partial charge is 0.191 e. The van der Waals surface area contributed by atoms with E-state index in [2.05, 4.69) is 22.5 Å². The van der Waals surface area contributed by atoms with Gasteiger partial charge in [-0.3, -0.25) is 4.99 Å². The molecule has 1 aliphatic rings. The molecule has 0 atom stereocenters. The summed E-state index contributed by atoms with van der Waals surface area (Å²) >= 11 is 1.73. The Kier molecular flexibility index (Phi) is 7.82. The predicted molar refractivity (Wildman–Crippen MR) is 117 cm³/mol. The van der Waals surface area contributed by atoms with E-state index in [4.69, 9.17) is 4.99 Å². The van der Waals surface area contributed by atoms with Crippen LogP contribution in [-0.4, -0.2) is 30.6 Å². The third-order valence-electron chi connectivity index (χ3n) is 4.48. The average molecular weight is 488 g/mol. The van der Waals surface area contributed by atoms with E-state index in [-0.39, 0.29) is 35.2 Å². The first kappa shape index (κ1) is 21.1. The van der Waals surface area contributed by atoms with Gasteiger partial charge in [0.15, 0.2) is 5.96 Å². The molecule has 1 fully saturated rings. The van der Waals surface area contributed by atoms with Crippen LogP contribution < -0.4 is 10.6 Å². The van der Waals surface area contributed by atoms with Crippen molar-refractivity contribution >= 4 is 41.3 Å². The van der Waals surface area contributed by atoms with Crippen LogP contribution in [-0.2, 0) is 11.8 Å². The largest absolute Gasteiger partial charge is 0.357 e. The summed E-state index contributed by atoms with van der Waals surface area (Å²) < 4.78 is 14.1. The number of nitrogens with one attached hydrogen (secondary N) is 2. The molecule has 1 aliphatic carbocycles. The zero-order valence-corrected chi connectivity index (χ0v) is 18.4. The summed E-state index contributed by atoms with van der Waals surface area (Å²) in [5, 5.41) is 7.76. The van der Waals surface area contributed by atoms with Gasteiger partial charge in [-0.25, -0.2) is 9.37 Å². The molecule has 1 aromatic carbocycles. The summed E-state index contributed by atoms with van der Waals surface area (Å²) in [7, 11) is 0. The Morgan fingerprint density at radius 2 is 2.08 bits per heavy atom. The van der Waals surface area contributed by atoms with Gasteiger partial charge in [0.05, 0.1) is 11.6 Å². The van der Waals surface area contributed by atoms with Gasteiger partial charge in [-0.1, -0.05) is 18.2 Å². The van der Waals surface area contributed by atoms with Crippen LogP contribution in [0, 0.1) is 12.7 Å². The van der Waals surface area contributed by atoms with Crippen molar-refractivity contribution in [3.05, 3.63) is 51.7 Å². The third kappa shape index (κ3) is 5.39. The van der Waals surface area contributed by atoms with Gasteiger partial charge in [-0.2, -0.15) is 0 Å². The maximum atomic E-state index is 14.1. The SMILES string of the molecule is CCNC(=NCC1(c2ccccc2F)CC1)NCCc1ncc(C)s1.I. The number of hydrogen-bond donors (Lipinski definition) is 2. The molecule has 4 nitrogen and oxygen atoms in total. The molecule has 26 heavy (non-hydrogen) atoms. The Hall–Kier alpha value is -1.22. The molecule has 3 rings (SSSR count). The lowest BCUT2D eigenvalue weighted by atomic mass is 9.95. The van der Waals surface area contributed by atoms with Crippen LogP contribution in [0.1, 0.15) is 35.2 Å². The summed E-state index contributed by atoms with van der Waals surface area (Å²) in [6.45, 7) is 6.31. The van der Waals surface area contributed by atoms with Crippen LogP contribution in [0.15, 0.2) is 35.5 Å². The Labute approximate surface area is 175 Å². The van der Waals surface area contributed by atoms with Gasteiger partial charge in [0.1, 0.15) is 5.82 Å². The number of nitrogens with zero attached hydrogens (tertiary/aromatic N) is 2. The van der Waals surface area contributed by atoms with Crippen LogP contribution in [0.4, 0.5) is 4.39 Å². The fraction of sp³-hybridized carbons (Fsp3) is 0.474. The van der Waals surface area contributed by atoms with Crippen LogP contribution in [0.25, 0.3) is 0 Å². The van der Waals surface area contributed by atoms with Gasteiger partial charge in [0.2, 0.25) is 0 Å². The molecule has 7 heteroatoms. The fourth-order valence-corrected chi connectivity index (χ4v) is 3.72. The van der Waals surface area contributed by atoms with Crippen molar-refractivity contribution in [2.24, 2.45) is 4.99 Å². The van der Waals surface area contributed by atoms with Crippen molar-refractivity contribution in [3.8, 4) is 0 Å². The maximum absolute atomic E-state index is 14.1. The minimum absolute atomic E-state index is 0. The van der Waals surface area contributed by atoms with E-state index >= 15 is 0 Å². The van der Waals surface area contributed by atoms with Gasteiger partial charge in [-0.05, 0) is 38.3 Å². The molecular weight excluding hydrogens is 462 g/mol. The van der Waals surface area contributed by atoms with Gasteiger partial charge < -0.3 is 10.6 Å². The van der Waals surface area contributed by atoms with Crippen LogP contribution in [0.5, 0.6) is 0 Å². The van der Waals surface area contributed by atoms with Gasteiger partial charge in [0.25, 0.3) is 0 Å². The molecule has 0 spiro atoms. The quantitative estimate of drug-likeness (QED) is 0.352. The molecule has 0 amide bonds. The highest BCUT2D eigenvalue weighted by atomic mass is 127. The second-order valence-corrected chi connectivity index (χ2v) is 7.82. The van der Waals surface area contributed by atoms with Crippen LogP contribution in [0.2, 0.25) is 0 Å². The van der Waals surface area contributed by atoms with E-state index in [9.17, 15) is 4.39 Å². The summed E-state index contributed by atoms with van der Waals surface area (Å²) in [6, 6.07) is 7.08. The molecule has 0 unspecified atom stereocenters. The normalized spacial score (nSPS) is 15.3. The van der Waals surface area contributed by atoms with Gasteiger partial charge >= 0.3 is 0 Å². The fourth-order valence-electron chi connectivity index (χ4n) is 2.93. The standard InChI is InChI=1S/C19H25FN4S.HI/c1-3-21-18(22-11-8-17-23-12-14(2)25-17)24-13-19(9-10-19)15-6-4-5-7-16(15)20;/h4-7,12H,3,8-11,13H2,1-2H3,(H2,21,22,24);1H. The minimum Gasteiger partial charge on any atom is -0.357 e. The first-order chi connectivity index (χ1) is 12.1. The number of aryl methyl sites for hydroxylation is 1. The van der Waals surface area contributed by atoms with E-state index in [0.717, 1.165) is 48.9 Å². The van der Waals surface area contributed by atoms with Gasteiger partial charge in [0, 0.05) is 36.0 Å². The second-order valence-electron chi connectivity index (χ2n) is 6.50. The first-order valence-electron chi connectivity index (χ1n) is 8.81. The lowest BCUT2D eigenvalue weighted by Crippen LogP contribution is -2.39. The summed E-state index contributed by atoms with van der Waals surface area (Å²) in [4.78, 5) is 10.3. The third-order valence-corrected chi connectivity index (χ3v) is 5.46. The summed E-state index contributed by atoms with van der Waals surface area (Å²) in [5.41, 5.74) is 0.674. The number of benzene rings is 1. The van der Waals surface area contributed by atoms with E-state index in [0.29, 0.717) is 6.54 Å². The highest BCUT2D eigenvalue weighted by molar-refractivity contribution is 14.0. The minimum atomic E-state index is -0.125. The van der Waals surface area contributed by atoms with Crippen molar-refractivity contribution in [1.29, 1.82) is 0 Å². The molecule has 142 valence electrons. The summed E-state index contributed by atoms with van der Waals surface area (Å²) in [5.74, 6) is 0.672. The molecule has 1 saturated carbocycles. The molecule has 1 heterocycles. The average Bonchev–Trinajstić information content (AvgIpc) is 3.28. The van der Waals surface area contributed by atoms with Crippen LogP contribution >= 0.6 is 35.3 Å². The Bertz CT molecular complexity index is 743. The molecule has 0 aliphatic heterocycles. The molecule has 1 aromatic heterocycles. The number of halogens is 2. The monoisotopic (exact) mass is 488 g/mol. The van der Waals surface area contributed by atoms with Crippen molar-refractivity contribution < 1.29 is 4.39 Å².